The van der Waals surface area contributed by atoms with Gasteiger partial charge < -0.3 is 14.2 Å². The lowest BCUT2D eigenvalue weighted by molar-refractivity contribution is 0.0474. The lowest BCUT2D eigenvalue weighted by atomic mass is 10.0. The molecule has 0 radical (unpaired) electrons. The molecule has 5 nitrogen and oxygen atoms in total. The molecule has 0 amide bonds. The summed E-state index contributed by atoms with van der Waals surface area (Å²) < 4.78 is 15.6. The zero-order valence-electron chi connectivity index (χ0n) is 13.0. The van der Waals surface area contributed by atoms with E-state index in [1.165, 1.54) is 11.1 Å². The molecule has 2 aromatic rings. The van der Waals surface area contributed by atoms with E-state index in [2.05, 4.69) is 0 Å². The molecule has 0 atom stereocenters. The number of benzene rings is 2. The molecule has 0 unspecified atom stereocenters. The molecule has 1 aliphatic carbocycles. The van der Waals surface area contributed by atoms with Crippen LogP contribution in [-0.2, 0) is 17.6 Å². The maximum absolute atomic E-state index is 12.2. The summed E-state index contributed by atoms with van der Waals surface area (Å²) >= 11 is 0. The molecule has 0 aromatic heterocycles. The molecule has 0 saturated heterocycles. The van der Waals surface area contributed by atoms with Crippen LogP contribution in [0.25, 0.3) is 0 Å². The average Bonchev–Trinajstić information content (AvgIpc) is 3.26. The number of hydrogen-bond acceptors (Lipinski definition) is 5. The summed E-state index contributed by atoms with van der Waals surface area (Å²) in [6.45, 7) is -0.128. The first-order valence-corrected chi connectivity index (χ1v) is 7.92. The monoisotopic (exact) mass is 324 g/mol. The number of fused-ring (bicyclic) bond motifs is 2. The van der Waals surface area contributed by atoms with Crippen molar-refractivity contribution in [3.63, 3.8) is 0 Å². The van der Waals surface area contributed by atoms with Crippen LogP contribution in [0.4, 0.5) is 0 Å². The number of ketones is 1. The van der Waals surface area contributed by atoms with Gasteiger partial charge in [0.1, 0.15) is 0 Å². The molecule has 24 heavy (non-hydrogen) atoms. The fourth-order valence-corrected chi connectivity index (χ4v) is 3.07. The highest BCUT2D eigenvalue weighted by atomic mass is 16.7. The second-order valence-corrected chi connectivity index (χ2v) is 5.90. The van der Waals surface area contributed by atoms with Crippen molar-refractivity contribution in [2.75, 3.05) is 13.4 Å². The minimum absolute atomic E-state index is 0.144. The first-order chi connectivity index (χ1) is 11.7. The largest absolute Gasteiger partial charge is 0.454 e. The summed E-state index contributed by atoms with van der Waals surface area (Å²) in [5.74, 6) is 0.358. The molecule has 2 aliphatic rings. The van der Waals surface area contributed by atoms with Crippen LogP contribution >= 0.6 is 0 Å². The van der Waals surface area contributed by atoms with Crippen LogP contribution in [0.2, 0.25) is 0 Å². The maximum Gasteiger partial charge on any atom is 0.338 e. The topological polar surface area (TPSA) is 61.8 Å². The second kappa shape index (κ2) is 6.00. The molecule has 2 aromatic carbocycles. The van der Waals surface area contributed by atoms with Crippen molar-refractivity contribution in [3.05, 3.63) is 58.7 Å². The molecule has 0 spiro atoms. The molecular formula is C19H16O5. The smallest absolute Gasteiger partial charge is 0.338 e. The van der Waals surface area contributed by atoms with Crippen molar-refractivity contribution < 1.29 is 23.8 Å². The van der Waals surface area contributed by atoms with Gasteiger partial charge >= 0.3 is 5.97 Å². The molecule has 4 rings (SSSR count). The number of rotatable bonds is 4. The van der Waals surface area contributed by atoms with E-state index in [1.807, 2.05) is 12.1 Å². The van der Waals surface area contributed by atoms with Gasteiger partial charge in [-0.1, -0.05) is 12.1 Å². The fourth-order valence-electron chi connectivity index (χ4n) is 3.07. The minimum atomic E-state index is -0.553. The summed E-state index contributed by atoms with van der Waals surface area (Å²) in [6, 6.07) is 10.5. The van der Waals surface area contributed by atoms with Crippen LogP contribution in [0, 0.1) is 0 Å². The predicted molar refractivity (Wildman–Crippen MR) is 85.6 cm³/mol. The van der Waals surface area contributed by atoms with Crippen molar-refractivity contribution in [2.24, 2.45) is 0 Å². The molecule has 0 fully saturated rings. The van der Waals surface area contributed by atoms with Gasteiger partial charge in [0.25, 0.3) is 0 Å². The van der Waals surface area contributed by atoms with Gasteiger partial charge in [-0.25, -0.2) is 4.79 Å². The van der Waals surface area contributed by atoms with E-state index >= 15 is 0 Å². The zero-order valence-corrected chi connectivity index (χ0v) is 13.0. The van der Waals surface area contributed by atoms with Crippen LogP contribution in [0.15, 0.2) is 36.4 Å². The highest BCUT2D eigenvalue weighted by molar-refractivity contribution is 5.99. The van der Waals surface area contributed by atoms with Gasteiger partial charge in [0.2, 0.25) is 6.79 Å². The Kier molecular flexibility index (Phi) is 3.69. The normalized spacial score (nSPS) is 14.3. The number of hydrogen-bond donors (Lipinski definition) is 0. The van der Waals surface area contributed by atoms with Crippen LogP contribution in [-0.4, -0.2) is 25.2 Å². The van der Waals surface area contributed by atoms with Crippen LogP contribution in [0.1, 0.15) is 38.3 Å². The Morgan fingerprint density at radius 1 is 0.917 bits per heavy atom. The standard InChI is InChI=1S/C19H16O5/c20-16(14-5-4-12-2-1-3-13(12)8-14)10-22-19(21)15-6-7-17-18(9-15)24-11-23-17/h4-9H,1-3,10-11H2. The Bertz CT molecular complexity index is 755. The molecular weight excluding hydrogens is 308 g/mol. The molecule has 122 valence electrons. The quantitative estimate of drug-likeness (QED) is 0.639. The van der Waals surface area contributed by atoms with E-state index in [0.29, 0.717) is 22.6 Å². The molecule has 0 bridgehead atoms. The first kappa shape index (κ1) is 14.8. The van der Waals surface area contributed by atoms with Crippen LogP contribution in [0.3, 0.4) is 0 Å². The van der Waals surface area contributed by atoms with Gasteiger partial charge in [-0.3, -0.25) is 4.79 Å². The summed E-state index contributed by atoms with van der Waals surface area (Å²) in [5.41, 5.74) is 3.46. The minimum Gasteiger partial charge on any atom is -0.454 e. The Labute approximate surface area is 139 Å². The van der Waals surface area contributed by atoms with Crippen molar-refractivity contribution >= 4 is 11.8 Å². The van der Waals surface area contributed by atoms with Gasteiger partial charge in [-0.15, -0.1) is 0 Å². The van der Waals surface area contributed by atoms with E-state index in [0.717, 1.165) is 19.3 Å². The van der Waals surface area contributed by atoms with Crippen LogP contribution < -0.4 is 9.47 Å². The molecule has 0 saturated carbocycles. The molecule has 0 N–H and O–H groups in total. The van der Waals surface area contributed by atoms with Gasteiger partial charge in [0.15, 0.2) is 23.9 Å². The van der Waals surface area contributed by atoms with Crippen molar-refractivity contribution in [3.8, 4) is 11.5 Å². The Hall–Kier alpha value is -2.82. The molecule has 1 heterocycles. The Balaban J connectivity index is 1.41. The summed E-state index contributed by atoms with van der Waals surface area (Å²) in [6.07, 6.45) is 3.21. The van der Waals surface area contributed by atoms with Crippen molar-refractivity contribution in [1.82, 2.24) is 0 Å². The fraction of sp³-hybridized carbons (Fsp3) is 0.263. The van der Waals surface area contributed by atoms with Gasteiger partial charge in [0, 0.05) is 5.56 Å². The predicted octanol–water partition coefficient (Wildman–Crippen LogP) is 2.94. The third kappa shape index (κ3) is 2.73. The van der Waals surface area contributed by atoms with E-state index < -0.39 is 5.97 Å². The number of esters is 1. The van der Waals surface area contributed by atoms with Gasteiger partial charge in [0.05, 0.1) is 5.56 Å². The van der Waals surface area contributed by atoms with Crippen LogP contribution in [0.5, 0.6) is 11.5 Å². The number of aryl methyl sites for hydroxylation is 2. The maximum atomic E-state index is 12.2. The first-order valence-electron chi connectivity index (χ1n) is 7.92. The molecule has 5 heteroatoms. The lowest BCUT2D eigenvalue weighted by Crippen LogP contribution is -2.14. The average molecular weight is 324 g/mol. The van der Waals surface area contributed by atoms with Gasteiger partial charge in [-0.2, -0.15) is 0 Å². The second-order valence-electron chi connectivity index (χ2n) is 5.90. The highest BCUT2D eigenvalue weighted by Gasteiger charge is 2.19. The number of carbonyl (C=O) groups excluding carboxylic acids is 2. The van der Waals surface area contributed by atoms with Crippen molar-refractivity contribution in [1.29, 1.82) is 0 Å². The third-order valence-corrected chi connectivity index (χ3v) is 4.36. The SMILES string of the molecule is O=C(COC(=O)c1ccc2c(c1)OCO2)c1ccc2c(c1)CCC2. The third-order valence-electron chi connectivity index (χ3n) is 4.36. The van der Waals surface area contributed by atoms with E-state index in [4.69, 9.17) is 14.2 Å². The van der Waals surface area contributed by atoms with E-state index in [1.54, 1.807) is 24.3 Å². The van der Waals surface area contributed by atoms with Gasteiger partial charge in [-0.05, 0) is 54.7 Å². The summed E-state index contributed by atoms with van der Waals surface area (Å²) in [4.78, 5) is 24.3. The van der Waals surface area contributed by atoms with E-state index in [-0.39, 0.29) is 19.2 Å². The Morgan fingerprint density at radius 3 is 2.62 bits per heavy atom. The number of ether oxygens (including phenoxy) is 3. The number of carbonyl (C=O) groups is 2. The zero-order chi connectivity index (χ0) is 16.5. The summed E-state index contributed by atoms with van der Waals surface area (Å²) in [7, 11) is 0. The summed E-state index contributed by atoms with van der Waals surface area (Å²) in [5, 5.41) is 0. The lowest BCUT2D eigenvalue weighted by Gasteiger charge is -2.07. The Morgan fingerprint density at radius 2 is 1.71 bits per heavy atom. The number of Topliss-reactive ketones (excluding diaryl/α,β-unsaturated/α-hetero) is 1. The van der Waals surface area contributed by atoms with Crippen molar-refractivity contribution in [2.45, 2.75) is 19.3 Å². The highest BCUT2D eigenvalue weighted by Crippen LogP contribution is 2.32. The molecule has 1 aliphatic heterocycles. The van der Waals surface area contributed by atoms with E-state index in [9.17, 15) is 9.59 Å².